The molecule has 16 nitrogen and oxygen atoms in total. The van der Waals surface area contributed by atoms with Gasteiger partial charge in [0, 0.05) is 30.9 Å². The molecule has 2 heterocycles. The number of aliphatic hydroxyl groups is 6. The average Bonchev–Trinajstić information content (AvgIpc) is 3.66. The number of carbonyl (C=O) groups is 1. The van der Waals surface area contributed by atoms with Crippen molar-refractivity contribution in [3.05, 3.63) is 69.0 Å². The molecular formula is C30H42N3O13+2. The largest absolute Gasteiger partial charge is 0.579 e. The predicted molar refractivity (Wildman–Crippen MR) is 155 cm³/mol. The smallest absolute Gasteiger partial charge is 0.394 e. The van der Waals surface area contributed by atoms with Gasteiger partial charge in [0.05, 0.1) is 44.7 Å². The van der Waals surface area contributed by atoms with Crippen molar-refractivity contribution in [2.24, 2.45) is 11.3 Å². The number of rotatable bonds is 15. The summed E-state index contributed by atoms with van der Waals surface area (Å²) >= 11 is 0. The van der Waals surface area contributed by atoms with E-state index in [2.05, 4.69) is 0 Å². The normalized spacial score (nSPS) is 33.0. The fraction of sp³-hybridized carbons (Fsp3) is 0.633. The van der Waals surface area contributed by atoms with Gasteiger partial charge in [0.25, 0.3) is 4.79 Å². The van der Waals surface area contributed by atoms with Gasteiger partial charge in [0.1, 0.15) is 37.7 Å². The Kier molecular flexibility index (Phi) is 10.7. The summed E-state index contributed by atoms with van der Waals surface area (Å²) in [5.74, 6) is -0.978. The molecule has 1 saturated heterocycles. The molecule has 1 radical (unpaired) electrons. The van der Waals surface area contributed by atoms with Crippen LogP contribution < -0.4 is 16.3 Å². The monoisotopic (exact) mass is 652 g/mol. The number of aliphatic hydroxyl groups excluding tert-OH is 6. The second-order valence-corrected chi connectivity index (χ2v) is 12.1. The molecule has 2 aliphatic carbocycles. The summed E-state index contributed by atoms with van der Waals surface area (Å²) in [5, 5.41) is 62.6. The maximum atomic E-state index is 13.1. The Hall–Kier alpha value is -3.03. The molecule has 0 spiro atoms. The molecular weight excluding hydrogens is 610 g/mol. The highest BCUT2D eigenvalue weighted by Gasteiger charge is 2.77. The van der Waals surface area contributed by atoms with Crippen LogP contribution in [-0.4, -0.2) is 115 Å². The van der Waals surface area contributed by atoms with E-state index in [0.717, 1.165) is 20.8 Å². The molecule has 0 amide bonds. The van der Waals surface area contributed by atoms with E-state index in [4.69, 9.17) is 19.0 Å². The molecule has 3 fully saturated rings. The first-order valence-corrected chi connectivity index (χ1v) is 15.2. The zero-order valence-electron chi connectivity index (χ0n) is 25.3. The van der Waals surface area contributed by atoms with Crippen molar-refractivity contribution in [3.63, 3.8) is 0 Å². The third kappa shape index (κ3) is 6.68. The number of benzene rings is 1. The molecule has 1 aromatic heterocycles. The first-order valence-electron chi connectivity index (χ1n) is 15.2. The second-order valence-electron chi connectivity index (χ2n) is 12.1. The van der Waals surface area contributed by atoms with Crippen molar-refractivity contribution in [3.8, 4) is 0 Å². The minimum absolute atomic E-state index is 0.0993. The van der Waals surface area contributed by atoms with Crippen molar-refractivity contribution in [2.45, 2.75) is 82.0 Å². The summed E-state index contributed by atoms with van der Waals surface area (Å²) in [6.45, 7) is 0.590. The summed E-state index contributed by atoms with van der Waals surface area (Å²) in [6, 6.07) is 9.61. The number of fused-ring (bicyclic) bond motifs is 1. The van der Waals surface area contributed by atoms with Crippen molar-refractivity contribution in [1.82, 2.24) is 9.13 Å². The molecule has 2 saturated carbocycles. The minimum atomic E-state index is -1.50. The van der Waals surface area contributed by atoms with Crippen LogP contribution in [0.1, 0.15) is 31.6 Å². The van der Waals surface area contributed by atoms with Crippen LogP contribution in [-0.2, 0) is 37.2 Å². The van der Waals surface area contributed by atoms with Gasteiger partial charge in [-0.25, -0.2) is 9.59 Å². The van der Waals surface area contributed by atoms with Crippen LogP contribution in [0, 0.1) is 11.3 Å². The second kappa shape index (κ2) is 14.4. The zero-order chi connectivity index (χ0) is 33.2. The van der Waals surface area contributed by atoms with Crippen molar-refractivity contribution >= 4 is 5.97 Å². The quantitative estimate of drug-likeness (QED) is 0.0555. The number of quaternary nitrogens is 1. The lowest BCUT2D eigenvalue weighted by Crippen LogP contribution is -3.17. The Morgan fingerprint density at radius 2 is 1.87 bits per heavy atom. The molecule has 46 heavy (non-hydrogen) atoms. The molecule has 1 aliphatic heterocycles. The lowest BCUT2D eigenvalue weighted by atomic mass is 9.93. The minimum Gasteiger partial charge on any atom is -0.394 e. The van der Waals surface area contributed by atoms with Crippen LogP contribution >= 0.6 is 0 Å². The Labute approximate surface area is 263 Å². The molecule has 2 aromatic rings. The molecule has 1 unspecified atom stereocenters. The highest BCUT2D eigenvalue weighted by atomic mass is 16.7. The lowest BCUT2D eigenvalue weighted by Gasteiger charge is -2.28. The van der Waals surface area contributed by atoms with Crippen LogP contribution in [0.15, 0.2) is 52.2 Å². The fourth-order valence-electron chi connectivity index (χ4n) is 6.83. The van der Waals surface area contributed by atoms with E-state index < -0.39 is 78.1 Å². The Balaban J connectivity index is 1.14. The number of nitrogens with one attached hydrogen (secondary N) is 1. The number of aromatic nitrogens is 2. The van der Waals surface area contributed by atoms with Gasteiger partial charge < -0.3 is 44.8 Å². The number of nitrogens with zero attached hydrogens (tertiary/aromatic N) is 2. The van der Waals surface area contributed by atoms with Gasteiger partial charge in [0.15, 0.2) is 12.3 Å². The summed E-state index contributed by atoms with van der Waals surface area (Å²) < 4.78 is 18.8. The predicted octanol–water partition coefficient (Wildman–Crippen LogP) is -3.96. The Morgan fingerprint density at radius 3 is 2.57 bits per heavy atom. The molecule has 0 bridgehead atoms. The zero-order valence-corrected chi connectivity index (χ0v) is 25.3. The first-order chi connectivity index (χ1) is 22.0. The maximum Gasteiger partial charge on any atom is 0.579 e. The van der Waals surface area contributed by atoms with Gasteiger partial charge in [0.2, 0.25) is 0 Å². The summed E-state index contributed by atoms with van der Waals surface area (Å²) in [7, 11) is 0. The average molecular weight is 653 g/mol. The highest BCUT2D eigenvalue weighted by Crippen LogP contribution is 2.64. The van der Waals surface area contributed by atoms with Crippen LogP contribution in [0.3, 0.4) is 0 Å². The molecule has 5 rings (SSSR count). The maximum absolute atomic E-state index is 13.1. The van der Waals surface area contributed by atoms with Crippen molar-refractivity contribution in [2.75, 3.05) is 26.4 Å². The van der Waals surface area contributed by atoms with Crippen LogP contribution in [0.25, 0.3) is 0 Å². The van der Waals surface area contributed by atoms with Gasteiger partial charge >= 0.3 is 17.2 Å². The summed E-state index contributed by atoms with van der Waals surface area (Å²) in [5.41, 5.74) is -1.61. The van der Waals surface area contributed by atoms with E-state index in [1.54, 1.807) is 0 Å². The standard InChI is InChI=1S/C30H41N3O13/c1-17(35)46-33(23-19-12-30(19,21(36)13-34)27(41)25(23)39)9-5-11-43-15-20-24(38)26(40)28(45-20)31-10-8-22(37)32(29(31)42)16-44-14-18-6-3-2-4-7-18/h2-4,6-8,10,19-21,23-28,34,36,38-41H,5,9,11-16H2,1H3/q+1/p+1/t19-,20-,21-,23+,24-,25+,26-,27-,28-,30+/m1/s1. The topological polar surface area (TPSA) is 227 Å². The summed E-state index contributed by atoms with van der Waals surface area (Å²) in [6.07, 6.45) is -7.19. The third-order valence-electron chi connectivity index (χ3n) is 9.25. The van der Waals surface area contributed by atoms with Crippen LogP contribution in [0.5, 0.6) is 0 Å². The SMILES string of the molecule is CC(=O)O[NH+](CCCOC[C@H]1O[C@@H](n2ccc(=[O+])n(COCc3ccccc3)c2=O)[C@H](O)[C@@H]1O)[C@@H]1[C@H](O)[C@@H](O)[C@@]2([C@H](O)CO)C[C@H]12. The van der Waals surface area contributed by atoms with Gasteiger partial charge in [-0.05, 0) is 12.0 Å². The van der Waals surface area contributed by atoms with Gasteiger partial charge in [-0.15, -0.1) is 5.06 Å². The number of hydroxylamine groups is 2. The molecule has 7 N–H and O–H groups in total. The van der Waals surface area contributed by atoms with E-state index >= 15 is 0 Å². The van der Waals surface area contributed by atoms with E-state index in [1.807, 2.05) is 30.3 Å². The molecule has 3 aliphatic rings. The van der Waals surface area contributed by atoms with Gasteiger partial charge in [-0.2, -0.15) is 4.57 Å². The lowest BCUT2D eigenvalue weighted by molar-refractivity contribution is -1.10. The Morgan fingerprint density at radius 1 is 1.13 bits per heavy atom. The summed E-state index contributed by atoms with van der Waals surface area (Å²) in [4.78, 5) is 42.7. The number of carbonyl (C=O) groups excluding carboxylic acids is 1. The fourth-order valence-corrected chi connectivity index (χ4v) is 6.83. The van der Waals surface area contributed by atoms with E-state index in [9.17, 15) is 45.0 Å². The first kappa shape index (κ1) is 34.3. The van der Waals surface area contributed by atoms with Crippen molar-refractivity contribution in [1.29, 1.82) is 0 Å². The number of hydrogen-bond acceptors (Lipinski definition) is 13. The van der Waals surface area contributed by atoms with E-state index in [1.165, 1.54) is 13.1 Å². The van der Waals surface area contributed by atoms with Crippen molar-refractivity contribution < 1.29 is 59.5 Å². The number of ether oxygens (including phenoxy) is 3. The van der Waals surface area contributed by atoms with Crippen LogP contribution in [0.4, 0.5) is 0 Å². The third-order valence-corrected chi connectivity index (χ3v) is 9.25. The number of hydrogen-bond donors (Lipinski definition) is 7. The van der Waals surface area contributed by atoms with Gasteiger partial charge in [-0.3, -0.25) is 9.40 Å². The Bertz CT molecular complexity index is 1450. The molecule has 253 valence electrons. The highest BCUT2D eigenvalue weighted by molar-refractivity contribution is 5.64. The van der Waals surface area contributed by atoms with Crippen LogP contribution in [0.2, 0.25) is 0 Å². The van der Waals surface area contributed by atoms with Gasteiger partial charge in [-0.1, -0.05) is 30.3 Å². The molecule has 16 heteroatoms. The van der Waals surface area contributed by atoms with E-state index in [0.29, 0.717) is 12.8 Å². The van der Waals surface area contributed by atoms with E-state index in [-0.39, 0.29) is 44.1 Å². The molecule has 1 aromatic carbocycles. The molecule has 11 atom stereocenters.